The summed E-state index contributed by atoms with van der Waals surface area (Å²) >= 11 is 0. The molecular formula is C24H21FN6O2. The maximum absolute atomic E-state index is 14.2. The van der Waals surface area contributed by atoms with Crippen LogP contribution < -0.4 is 10.5 Å². The number of carbonyl (C=O) groups excluding carboxylic acids is 1. The number of nitrogens with zero attached hydrogens (tertiary/aromatic N) is 6. The number of hydrogen-bond donors (Lipinski definition) is 0. The van der Waals surface area contributed by atoms with Crippen LogP contribution in [0.1, 0.15) is 15.9 Å². The summed E-state index contributed by atoms with van der Waals surface area (Å²) in [5, 5.41) is 8.93. The summed E-state index contributed by atoms with van der Waals surface area (Å²) in [5.41, 5.74) is 1.30. The molecule has 166 valence electrons. The smallest absolute Gasteiger partial charge is 0.255 e. The normalized spacial score (nSPS) is 20.8. The maximum Gasteiger partial charge on any atom is 0.255 e. The Morgan fingerprint density at radius 3 is 2.55 bits per heavy atom. The summed E-state index contributed by atoms with van der Waals surface area (Å²) in [7, 11) is 3.52. The van der Waals surface area contributed by atoms with Gasteiger partial charge in [-0.3, -0.25) is 19.1 Å². The minimum Gasteiger partial charge on any atom is -0.342 e. The van der Waals surface area contributed by atoms with Crippen molar-refractivity contribution >= 4 is 11.9 Å². The highest BCUT2D eigenvalue weighted by molar-refractivity contribution is 5.94. The summed E-state index contributed by atoms with van der Waals surface area (Å²) < 4.78 is 15.7. The van der Waals surface area contributed by atoms with E-state index in [1.54, 1.807) is 31.3 Å². The van der Waals surface area contributed by atoms with Crippen LogP contribution in [0.5, 0.6) is 0 Å². The third-order valence-corrected chi connectivity index (χ3v) is 6.62. The van der Waals surface area contributed by atoms with Gasteiger partial charge in [0.15, 0.2) is 5.82 Å². The number of hydrogen-bond acceptors (Lipinski definition) is 6. The van der Waals surface area contributed by atoms with Crippen LogP contribution in [0.2, 0.25) is 0 Å². The van der Waals surface area contributed by atoms with Gasteiger partial charge in [-0.05, 0) is 30.3 Å². The topological polar surface area (TPSA) is 95.1 Å². The number of carbonyl (C=O) groups is 1. The summed E-state index contributed by atoms with van der Waals surface area (Å²) in [6.45, 7) is 1.23. The van der Waals surface area contributed by atoms with Gasteiger partial charge in [0.25, 0.3) is 11.5 Å². The molecule has 1 aliphatic heterocycles. The van der Waals surface area contributed by atoms with Gasteiger partial charge in [0.05, 0.1) is 23.5 Å². The standard InChI is InChI=1S/C24H21FN6O2/c1-29-21(32)9-20(16-7-8-27-11-19(16)25)28-24(29)30(2)22-17-12-31(13-18(17)22)23(33)15-5-3-14(10-26)4-6-15/h3-9,11,17-18,22H,12-13H2,1-2H3/t17-,18+,22-. The van der Waals surface area contributed by atoms with Gasteiger partial charge < -0.3 is 9.80 Å². The molecule has 5 rings (SSSR count). The Kier molecular flexibility index (Phi) is 4.93. The molecule has 0 N–H and O–H groups in total. The number of fused-ring (bicyclic) bond motifs is 1. The van der Waals surface area contributed by atoms with E-state index in [1.165, 1.54) is 22.9 Å². The first-order valence-corrected chi connectivity index (χ1v) is 10.6. The van der Waals surface area contributed by atoms with E-state index in [2.05, 4.69) is 16.0 Å². The molecule has 1 saturated heterocycles. The minimum absolute atomic E-state index is 0.0474. The Bertz CT molecular complexity index is 1330. The lowest BCUT2D eigenvalue weighted by atomic mass is 10.1. The number of piperidine rings is 1. The van der Waals surface area contributed by atoms with Crippen molar-refractivity contribution in [3.63, 3.8) is 0 Å². The summed E-state index contributed by atoms with van der Waals surface area (Å²) in [6.07, 6.45) is 2.56. The Morgan fingerprint density at radius 2 is 1.91 bits per heavy atom. The molecule has 1 aliphatic carbocycles. The molecule has 2 fully saturated rings. The molecule has 0 bridgehead atoms. The van der Waals surface area contributed by atoms with Crippen molar-refractivity contribution in [1.82, 2.24) is 19.4 Å². The number of anilines is 1. The van der Waals surface area contributed by atoms with E-state index >= 15 is 0 Å². The molecular weight excluding hydrogens is 423 g/mol. The first kappa shape index (κ1) is 20.8. The molecule has 9 heteroatoms. The van der Waals surface area contributed by atoms with E-state index in [0.717, 1.165) is 6.20 Å². The van der Waals surface area contributed by atoms with Crippen LogP contribution in [0.3, 0.4) is 0 Å². The molecule has 2 aromatic heterocycles. The van der Waals surface area contributed by atoms with Gasteiger partial charge in [-0.2, -0.15) is 5.26 Å². The number of benzene rings is 1. The van der Waals surface area contributed by atoms with Crippen molar-refractivity contribution in [2.75, 3.05) is 25.0 Å². The minimum atomic E-state index is -0.535. The van der Waals surface area contributed by atoms with Gasteiger partial charge in [-0.1, -0.05) is 0 Å². The SMILES string of the molecule is CN(c1nc(-c2ccncc2F)cc(=O)n1C)[C@@H]1[C@@H]2CN(C(=O)c3ccc(C#N)cc3)C[C@@H]21. The van der Waals surface area contributed by atoms with Crippen LogP contribution in [-0.4, -0.2) is 51.5 Å². The average Bonchev–Trinajstić information content (AvgIpc) is 3.33. The lowest BCUT2D eigenvalue weighted by molar-refractivity contribution is 0.0772. The molecule has 3 heterocycles. The lowest BCUT2D eigenvalue weighted by Gasteiger charge is -2.26. The second kappa shape index (κ2) is 7.81. The quantitative estimate of drug-likeness (QED) is 0.611. The van der Waals surface area contributed by atoms with E-state index in [0.29, 0.717) is 30.2 Å². The zero-order chi connectivity index (χ0) is 23.3. The maximum atomic E-state index is 14.2. The summed E-state index contributed by atoms with van der Waals surface area (Å²) in [6, 6.07) is 11.7. The number of nitriles is 1. The molecule has 33 heavy (non-hydrogen) atoms. The second-order valence-electron chi connectivity index (χ2n) is 8.52. The molecule has 1 saturated carbocycles. The van der Waals surface area contributed by atoms with Crippen molar-refractivity contribution in [3.05, 3.63) is 76.1 Å². The van der Waals surface area contributed by atoms with Gasteiger partial charge in [-0.15, -0.1) is 0 Å². The molecule has 3 aromatic rings. The fourth-order valence-electron chi connectivity index (χ4n) is 4.80. The zero-order valence-electron chi connectivity index (χ0n) is 18.1. The first-order chi connectivity index (χ1) is 15.9. The van der Waals surface area contributed by atoms with E-state index in [9.17, 15) is 14.0 Å². The Labute approximate surface area is 189 Å². The highest BCUT2D eigenvalue weighted by Crippen LogP contribution is 2.49. The Balaban J connectivity index is 1.33. The Hall–Kier alpha value is -4.06. The molecule has 0 unspecified atom stereocenters. The number of aromatic nitrogens is 3. The number of rotatable bonds is 4. The zero-order valence-corrected chi connectivity index (χ0v) is 18.1. The van der Waals surface area contributed by atoms with Crippen molar-refractivity contribution in [2.45, 2.75) is 6.04 Å². The van der Waals surface area contributed by atoms with Crippen LogP contribution in [0.15, 0.2) is 53.6 Å². The van der Waals surface area contributed by atoms with Crippen LogP contribution in [-0.2, 0) is 7.05 Å². The van der Waals surface area contributed by atoms with Gasteiger partial charge in [0.1, 0.15) is 0 Å². The molecule has 1 aromatic carbocycles. The van der Waals surface area contributed by atoms with Crippen LogP contribution in [0.4, 0.5) is 10.3 Å². The predicted molar refractivity (Wildman–Crippen MR) is 119 cm³/mol. The van der Waals surface area contributed by atoms with Gasteiger partial charge >= 0.3 is 0 Å². The lowest BCUT2D eigenvalue weighted by Crippen LogP contribution is -2.38. The van der Waals surface area contributed by atoms with E-state index in [1.807, 2.05) is 16.8 Å². The highest BCUT2D eigenvalue weighted by Gasteiger charge is 2.59. The monoisotopic (exact) mass is 444 g/mol. The van der Waals surface area contributed by atoms with Crippen molar-refractivity contribution < 1.29 is 9.18 Å². The van der Waals surface area contributed by atoms with Crippen molar-refractivity contribution in [3.8, 4) is 17.3 Å². The number of halogens is 1. The second-order valence-corrected chi connectivity index (χ2v) is 8.52. The number of pyridine rings is 1. The largest absolute Gasteiger partial charge is 0.342 e. The third kappa shape index (κ3) is 3.53. The summed E-state index contributed by atoms with van der Waals surface area (Å²) in [4.78, 5) is 37.5. The number of likely N-dealkylation sites (tertiary alicyclic amines) is 1. The van der Waals surface area contributed by atoms with Crippen LogP contribution in [0.25, 0.3) is 11.3 Å². The Morgan fingerprint density at radius 1 is 1.21 bits per heavy atom. The van der Waals surface area contributed by atoms with Crippen LogP contribution in [0, 0.1) is 29.0 Å². The fourth-order valence-corrected chi connectivity index (χ4v) is 4.80. The third-order valence-electron chi connectivity index (χ3n) is 6.62. The van der Waals surface area contributed by atoms with Crippen molar-refractivity contribution in [1.29, 1.82) is 5.26 Å². The van der Waals surface area contributed by atoms with Crippen molar-refractivity contribution in [2.24, 2.45) is 18.9 Å². The molecule has 2 aliphatic rings. The molecule has 0 spiro atoms. The first-order valence-electron chi connectivity index (χ1n) is 10.6. The van der Waals surface area contributed by atoms with Gasteiger partial charge in [0, 0.05) is 68.5 Å². The molecule has 8 nitrogen and oxygen atoms in total. The molecule has 0 radical (unpaired) electrons. The fraction of sp³-hybridized carbons (Fsp3) is 0.292. The van der Waals surface area contributed by atoms with E-state index in [4.69, 9.17) is 5.26 Å². The highest BCUT2D eigenvalue weighted by atomic mass is 19.1. The molecule has 1 amide bonds. The van der Waals surface area contributed by atoms with Gasteiger partial charge in [0.2, 0.25) is 5.95 Å². The van der Waals surface area contributed by atoms with Crippen LogP contribution >= 0.6 is 0 Å². The van der Waals surface area contributed by atoms with E-state index < -0.39 is 5.82 Å². The van der Waals surface area contributed by atoms with Gasteiger partial charge in [-0.25, -0.2) is 9.37 Å². The number of amides is 1. The summed E-state index contributed by atoms with van der Waals surface area (Å²) in [5.74, 6) is 0.421. The predicted octanol–water partition coefficient (Wildman–Crippen LogP) is 2.06. The molecule has 3 atom stereocenters. The average molecular weight is 444 g/mol. The van der Waals surface area contributed by atoms with E-state index in [-0.39, 0.29) is 40.6 Å².